The van der Waals surface area contributed by atoms with Gasteiger partial charge in [-0.25, -0.2) is 9.59 Å². The molecule has 0 saturated carbocycles. The van der Waals surface area contributed by atoms with Gasteiger partial charge in [-0.1, -0.05) is 60.7 Å². The Hall–Kier alpha value is -3.63. The van der Waals surface area contributed by atoms with E-state index in [1.807, 2.05) is 60.7 Å². The number of esters is 1. The van der Waals surface area contributed by atoms with Crippen molar-refractivity contribution >= 4 is 46.6 Å². The third-order valence-corrected chi connectivity index (χ3v) is 8.11. The van der Waals surface area contributed by atoms with Crippen LogP contribution in [0.5, 0.6) is 0 Å². The number of nitrogens with zero attached hydrogens (tertiary/aromatic N) is 2. The summed E-state index contributed by atoms with van der Waals surface area (Å²) in [6, 6.07) is 18.2. The lowest BCUT2D eigenvalue weighted by atomic mass is 10.0. The van der Waals surface area contributed by atoms with E-state index >= 15 is 0 Å². The third-order valence-electron chi connectivity index (χ3n) is 5.99. The van der Waals surface area contributed by atoms with Crippen molar-refractivity contribution in [1.29, 1.82) is 0 Å². The molecule has 2 amide bonds. The van der Waals surface area contributed by atoms with Crippen LogP contribution in [-0.2, 0) is 19.1 Å². The predicted octanol–water partition coefficient (Wildman–Crippen LogP) is 5.00. The first-order valence-electron chi connectivity index (χ1n) is 12.1. The number of hydrogen-bond donors (Lipinski definition) is 1. The molecule has 3 aromatic rings. The molecule has 2 atom stereocenters. The number of hydrogen-bond acceptors (Lipinski definition) is 8. The van der Waals surface area contributed by atoms with Gasteiger partial charge < -0.3 is 14.8 Å². The monoisotopic (exact) mass is 549 g/mol. The zero-order valence-electron chi connectivity index (χ0n) is 21.1. The predicted molar refractivity (Wildman–Crippen MR) is 146 cm³/mol. The second-order valence-corrected chi connectivity index (χ2v) is 11.8. The van der Waals surface area contributed by atoms with E-state index in [9.17, 15) is 14.4 Å². The van der Waals surface area contributed by atoms with Gasteiger partial charge in [0, 0.05) is 17.5 Å². The Morgan fingerprint density at radius 3 is 2.24 bits per heavy atom. The van der Waals surface area contributed by atoms with E-state index in [4.69, 9.17) is 9.47 Å². The van der Waals surface area contributed by atoms with E-state index in [2.05, 4.69) is 10.3 Å². The topological polar surface area (TPSA) is 97.8 Å². The number of benzene rings is 2. The minimum atomic E-state index is -0.806. The summed E-state index contributed by atoms with van der Waals surface area (Å²) in [6.07, 6.45) is 0.340. The van der Waals surface area contributed by atoms with Crippen LogP contribution in [0.25, 0.3) is 5.57 Å². The number of carbonyl (C=O) groups excluding carboxylic acids is 3. The average Bonchev–Trinajstić information content (AvgIpc) is 3.44. The van der Waals surface area contributed by atoms with Crippen LogP contribution < -0.4 is 5.32 Å². The number of thioether (sulfide) groups is 1. The van der Waals surface area contributed by atoms with E-state index in [0.717, 1.165) is 16.0 Å². The molecular weight excluding hydrogens is 522 g/mol. The Kier molecular flexibility index (Phi) is 7.27. The van der Waals surface area contributed by atoms with Crippen LogP contribution in [-0.4, -0.2) is 50.6 Å². The first kappa shape index (κ1) is 26.0. The Morgan fingerprint density at radius 1 is 1.05 bits per heavy atom. The van der Waals surface area contributed by atoms with Crippen LogP contribution in [0, 0.1) is 0 Å². The Morgan fingerprint density at radius 2 is 1.68 bits per heavy atom. The molecule has 2 aliphatic heterocycles. The summed E-state index contributed by atoms with van der Waals surface area (Å²) in [7, 11) is 0. The smallest absolute Gasteiger partial charge is 0.408 e. The van der Waals surface area contributed by atoms with Gasteiger partial charge in [-0.3, -0.25) is 14.7 Å². The van der Waals surface area contributed by atoms with Crippen LogP contribution in [0.1, 0.15) is 42.9 Å². The summed E-state index contributed by atoms with van der Waals surface area (Å²) in [5, 5.41) is 2.21. The van der Waals surface area contributed by atoms with Crippen LogP contribution in [0.4, 0.5) is 4.79 Å². The number of rotatable bonds is 6. The van der Waals surface area contributed by atoms with Crippen molar-refractivity contribution in [3.63, 3.8) is 0 Å². The van der Waals surface area contributed by atoms with Crippen LogP contribution in [0.15, 0.2) is 78.1 Å². The Balaban J connectivity index is 1.46. The lowest BCUT2D eigenvalue weighted by molar-refractivity contribution is -0.153. The lowest BCUT2D eigenvalue weighted by Crippen LogP contribution is -2.70. The minimum absolute atomic E-state index is 0.183. The fourth-order valence-corrected chi connectivity index (χ4v) is 6.47. The van der Waals surface area contributed by atoms with Gasteiger partial charge in [-0.05, 0) is 31.9 Å². The summed E-state index contributed by atoms with van der Waals surface area (Å²) >= 11 is 2.86. The highest BCUT2D eigenvalue weighted by Crippen LogP contribution is 2.45. The number of thiazole rings is 1. The van der Waals surface area contributed by atoms with Gasteiger partial charge in [0.15, 0.2) is 6.10 Å². The average molecular weight is 550 g/mol. The number of fused-ring (bicyclic) bond motifs is 1. The number of amides is 2. The van der Waals surface area contributed by atoms with E-state index in [1.54, 1.807) is 32.5 Å². The standard InChI is InChI=1S/C28H27N3O5S2/c1-28(2,3)36-27(34)30-21-24(32)31-22(19(15-37-25(21)31)20-14-29-16-38-20)26(33)35-23(17-10-6-4-7-11-17)18-12-8-5-9-13-18/h4-14,16,21,23,25H,15H2,1-3H3,(H,30,34). The first-order valence-corrected chi connectivity index (χ1v) is 14.0. The van der Waals surface area contributed by atoms with Gasteiger partial charge >= 0.3 is 12.1 Å². The van der Waals surface area contributed by atoms with E-state index < -0.39 is 41.1 Å². The fourth-order valence-electron chi connectivity index (χ4n) is 4.34. The van der Waals surface area contributed by atoms with Crippen LogP contribution in [0.3, 0.4) is 0 Å². The highest BCUT2D eigenvalue weighted by atomic mass is 32.2. The van der Waals surface area contributed by atoms with Gasteiger partial charge in [0.05, 0.1) is 10.4 Å². The van der Waals surface area contributed by atoms with Crippen LogP contribution in [0.2, 0.25) is 0 Å². The van der Waals surface area contributed by atoms with Gasteiger partial charge in [0.2, 0.25) is 0 Å². The molecular formula is C28H27N3O5S2. The van der Waals surface area contributed by atoms with Gasteiger partial charge in [0.1, 0.15) is 22.7 Å². The van der Waals surface area contributed by atoms with Crippen LogP contribution >= 0.6 is 23.1 Å². The molecule has 3 heterocycles. The number of β-lactam (4-membered cyclic amide) rings is 1. The van der Waals surface area contributed by atoms with E-state index in [-0.39, 0.29) is 5.70 Å². The molecule has 196 valence electrons. The first-order chi connectivity index (χ1) is 18.2. The van der Waals surface area contributed by atoms with Crippen molar-refractivity contribution in [1.82, 2.24) is 15.2 Å². The van der Waals surface area contributed by atoms with Gasteiger partial charge in [0.25, 0.3) is 5.91 Å². The zero-order chi connectivity index (χ0) is 26.9. The van der Waals surface area contributed by atoms with Crippen molar-refractivity contribution in [3.8, 4) is 0 Å². The molecule has 0 aliphatic carbocycles. The molecule has 2 unspecified atom stereocenters. The van der Waals surface area contributed by atoms with Crippen molar-refractivity contribution < 1.29 is 23.9 Å². The van der Waals surface area contributed by atoms with Crippen molar-refractivity contribution in [3.05, 3.63) is 94.1 Å². The maximum atomic E-state index is 13.9. The number of nitrogens with one attached hydrogen (secondary N) is 1. The second kappa shape index (κ2) is 10.6. The molecule has 0 spiro atoms. The maximum absolute atomic E-state index is 13.9. The largest absolute Gasteiger partial charge is 0.448 e. The van der Waals surface area contributed by atoms with Gasteiger partial charge in [-0.15, -0.1) is 23.1 Å². The molecule has 0 radical (unpaired) electrons. The lowest BCUT2D eigenvalue weighted by Gasteiger charge is -2.49. The summed E-state index contributed by atoms with van der Waals surface area (Å²) in [5.41, 5.74) is 3.48. The molecule has 1 saturated heterocycles. The molecule has 2 aromatic carbocycles. The number of carbonyl (C=O) groups is 3. The second-order valence-electron chi connectivity index (χ2n) is 9.83. The zero-order valence-corrected chi connectivity index (χ0v) is 22.8. The van der Waals surface area contributed by atoms with Crippen molar-refractivity contribution in [2.45, 2.75) is 43.9 Å². The highest BCUT2D eigenvalue weighted by molar-refractivity contribution is 8.00. The normalized spacial score (nSPS) is 19.1. The molecule has 2 aliphatic rings. The number of aromatic nitrogens is 1. The van der Waals surface area contributed by atoms with Crippen molar-refractivity contribution in [2.24, 2.45) is 0 Å². The number of alkyl carbamates (subject to hydrolysis) is 1. The maximum Gasteiger partial charge on any atom is 0.408 e. The molecule has 0 bridgehead atoms. The molecule has 5 rings (SSSR count). The molecule has 1 fully saturated rings. The third kappa shape index (κ3) is 5.32. The molecule has 38 heavy (non-hydrogen) atoms. The van der Waals surface area contributed by atoms with E-state index in [0.29, 0.717) is 11.3 Å². The molecule has 1 N–H and O–H groups in total. The summed E-state index contributed by atoms with van der Waals surface area (Å²) in [4.78, 5) is 46.0. The van der Waals surface area contributed by atoms with Crippen molar-refractivity contribution in [2.75, 3.05) is 5.75 Å². The van der Waals surface area contributed by atoms with Gasteiger partial charge in [-0.2, -0.15) is 0 Å². The SMILES string of the molecule is CC(C)(C)OC(=O)NC1C(=O)N2C(C(=O)OC(c3ccccc3)c3ccccc3)=C(c3cncs3)CSC12. The highest BCUT2D eigenvalue weighted by Gasteiger charge is 2.55. The molecule has 10 heteroatoms. The minimum Gasteiger partial charge on any atom is -0.448 e. The Labute approximate surface area is 229 Å². The van der Waals surface area contributed by atoms with E-state index in [1.165, 1.54) is 28.0 Å². The fraction of sp³-hybridized carbons (Fsp3) is 0.286. The molecule has 1 aromatic heterocycles. The summed E-state index contributed by atoms with van der Waals surface area (Å²) in [6.45, 7) is 5.26. The summed E-state index contributed by atoms with van der Waals surface area (Å²) < 4.78 is 11.5. The summed E-state index contributed by atoms with van der Waals surface area (Å²) in [5.74, 6) is -0.548. The number of ether oxygens (including phenoxy) is 2. The molecule has 8 nitrogen and oxygen atoms in total. The Bertz CT molecular complexity index is 1310. The quantitative estimate of drug-likeness (QED) is 0.342.